The van der Waals surface area contributed by atoms with Crippen molar-refractivity contribution in [3.63, 3.8) is 0 Å². The highest BCUT2D eigenvalue weighted by Crippen LogP contribution is 2.16. The summed E-state index contributed by atoms with van der Waals surface area (Å²) in [7, 11) is 0. The van der Waals surface area contributed by atoms with Crippen molar-refractivity contribution in [3.05, 3.63) is 41.8 Å². The quantitative estimate of drug-likeness (QED) is 0.794. The summed E-state index contributed by atoms with van der Waals surface area (Å²) in [6, 6.07) is 5.39. The summed E-state index contributed by atoms with van der Waals surface area (Å²) in [6.07, 6.45) is 2.58. The molecule has 0 saturated carbocycles. The molecule has 0 aromatic heterocycles. The Kier molecular flexibility index (Phi) is 3.69. The van der Waals surface area contributed by atoms with Gasteiger partial charge in [-0.15, -0.1) is 0 Å². The maximum atomic E-state index is 10.9. The van der Waals surface area contributed by atoms with Gasteiger partial charge in [0.25, 0.3) is 0 Å². The van der Waals surface area contributed by atoms with E-state index in [-0.39, 0.29) is 0 Å². The van der Waals surface area contributed by atoms with Crippen LogP contribution in [0.25, 0.3) is 0 Å². The Balaban J connectivity index is 3.02. The first-order valence-corrected chi connectivity index (χ1v) is 4.78. The molecule has 0 saturated heterocycles. The second-order valence-corrected chi connectivity index (χ2v) is 3.36. The maximum Gasteiger partial charge on any atom is 0.335 e. The topological polar surface area (TPSA) is 37.3 Å². The maximum absolute atomic E-state index is 10.9. The molecule has 0 aliphatic heterocycles. The number of hydrogen-bond acceptors (Lipinski definition) is 1. The molecule has 0 aliphatic rings. The average molecular weight is 191 g/mol. The van der Waals surface area contributed by atoms with E-state index in [4.69, 9.17) is 5.11 Å². The van der Waals surface area contributed by atoms with Crippen LogP contribution in [-0.2, 0) is 6.42 Å². The van der Waals surface area contributed by atoms with Crippen molar-refractivity contribution in [2.24, 2.45) is 0 Å². The number of hydrogen-bond donors (Lipinski definition) is 1. The molecule has 1 aromatic carbocycles. The van der Waals surface area contributed by atoms with Crippen LogP contribution < -0.4 is 0 Å². The van der Waals surface area contributed by atoms with Gasteiger partial charge in [-0.2, -0.15) is 0 Å². The van der Waals surface area contributed by atoms with Crippen LogP contribution in [0.3, 0.4) is 0 Å². The second kappa shape index (κ2) is 4.80. The number of aryl methyl sites for hydroxylation is 1. The van der Waals surface area contributed by atoms with Crippen molar-refractivity contribution >= 4 is 5.97 Å². The number of benzene rings is 1. The van der Waals surface area contributed by atoms with E-state index in [2.05, 4.69) is 6.92 Å². The monoisotopic (exact) mass is 191 g/mol. The predicted octanol–water partition coefficient (Wildman–Crippen LogP) is 2.85. The zero-order valence-electron chi connectivity index (χ0n) is 8.42. The van der Waals surface area contributed by atoms with Gasteiger partial charge >= 0.3 is 5.97 Å². The fourth-order valence-corrected chi connectivity index (χ4v) is 1.54. The Morgan fingerprint density at radius 1 is 1.50 bits per heavy atom. The summed E-state index contributed by atoms with van der Waals surface area (Å²) in [6.45, 7) is 5.71. The van der Waals surface area contributed by atoms with Gasteiger partial charge in [0, 0.05) is 0 Å². The van der Waals surface area contributed by atoms with E-state index in [1.54, 1.807) is 12.1 Å². The molecule has 0 amide bonds. The van der Waals surface area contributed by atoms with Gasteiger partial charge in [-0.05, 0) is 37.0 Å². The lowest BCUT2D eigenvalue weighted by Gasteiger charge is -2.08. The highest BCUT2D eigenvalue weighted by molar-refractivity contribution is 5.89. The van der Waals surface area contributed by atoms with Gasteiger partial charge < -0.3 is 5.11 Å². The zero-order valence-corrected chi connectivity index (χ0v) is 8.42. The van der Waals surface area contributed by atoms with Crippen LogP contribution >= 0.6 is 0 Å². The Morgan fingerprint density at radius 3 is 2.79 bits per heavy atom. The molecule has 1 N–H and O–H groups in total. The van der Waals surface area contributed by atoms with Crippen LogP contribution in [0.2, 0.25) is 0 Å². The second-order valence-electron chi connectivity index (χ2n) is 3.36. The van der Waals surface area contributed by atoms with Gasteiger partial charge in [-0.25, -0.2) is 4.79 Å². The van der Waals surface area contributed by atoms with E-state index in [0.717, 1.165) is 30.4 Å². The number of unbranched alkanes of at least 4 members (excludes halogenated alkanes) is 1. The van der Waals surface area contributed by atoms with Gasteiger partial charge in [0.2, 0.25) is 0 Å². The molecule has 1 radical (unpaired) electrons. The molecule has 0 unspecified atom stereocenters. The fraction of sp³-hybridized carbons (Fsp3) is 0.333. The Bertz CT molecular complexity index is 329. The van der Waals surface area contributed by atoms with E-state index in [1.165, 1.54) is 0 Å². The van der Waals surface area contributed by atoms with Crippen LogP contribution in [-0.4, -0.2) is 11.1 Å². The van der Waals surface area contributed by atoms with Crippen LogP contribution in [0.15, 0.2) is 18.2 Å². The SMILES string of the molecule is [CH2]CCCc1c(C)cccc1C(=O)O. The lowest BCUT2D eigenvalue weighted by atomic mass is 9.97. The van der Waals surface area contributed by atoms with Crippen molar-refractivity contribution in [1.29, 1.82) is 0 Å². The van der Waals surface area contributed by atoms with Gasteiger partial charge in [0.05, 0.1) is 5.56 Å². The largest absolute Gasteiger partial charge is 0.478 e. The molecule has 0 aliphatic carbocycles. The molecule has 0 bridgehead atoms. The summed E-state index contributed by atoms with van der Waals surface area (Å²) in [5.41, 5.74) is 2.43. The summed E-state index contributed by atoms with van der Waals surface area (Å²) in [5, 5.41) is 8.97. The highest BCUT2D eigenvalue weighted by atomic mass is 16.4. The van der Waals surface area contributed by atoms with Crippen LogP contribution in [0, 0.1) is 13.8 Å². The van der Waals surface area contributed by atoms with Crippen molar-refractivity contribution in [1.82, 2.24) is 0 Å². The first-order chi connectivity index (χ1) is 6.66. The number of rotatable bonds is 4. The molecule has 75 valence electrons. The summed E-state index contributed by atoms with van der Waals surface area (Å²) < 4.78 is 0. The van der Waals surface area contributed by atoms with Crippen molar-refractivity contribution in [2.45, 2.75) is 26.2 Å². The van der Waals surface area contributed by atoms with Crippen molar-refractivity contribution < 1.29 is 9.90 Å². The first kappa shape index (κ1) is 10.8. The molecule has 2 heteroatoms. The lowest BCUT2D eigenvalue weighted by molar-refractivity contribution is 0.0695. The van der Waals surface area contributed by atoms with Crippen LogP contribution in [0.1, 0.15) is 34.3 Å². The molecule has 1 rings (SSSR count). The van der Waals surface area contributed by atoms with E-state index >= 15 is 0 Å². The average Bonchev–Trinajstić information content (AvgIpc) is 2.15. The molecule has 0 atom stereocenters. The molecule has 0 heterocycles. The normalized spacial score (nSPS) is 10.1. The lowest BCUT2D eigenvalue weighted by Crippen LogP contribution is -2.04. The molecular weight excluding hydrogens is 176 g/mol. The summed E-state index contributed by atoms with van der Waals surface area (Å²) in [5.74, 6) is -0.840. The van der Waals surface area contributed by atoms with Gasteiger partial charge in [0.15, 0.2) is 0 Å². The standard InChI is InChI=1S/C12H15O2/c1-3-4-7-10-9(2)6-5-8-11(10)12(13)14/h5-6,8H,1,3-4,7H2,2H3,(H,13,14). The van der Waals surface area contributed by atoms with Gasteiger partial charge in [-0.3, -0.25) is 0 Å². The number of carboxylic acid groups (broad SMARTS) is 1. The molecular formula is C12H15O2. The Hall–Kier alpha value is -1.31. The third-order valence-electron chi connectivity index (χ3n) is 2.32. The molecule has 1 aromatic rings. The number of aromatic carboxylic acids is 1. The third kappa shape index (κ3) is 2.34. The zero-order chi connectivity index (χ0) is 10.6. The van der Waals surface area contributed by atoms with E-state index in [0.29, 0.717) is 5.56 Å². The first-order valence-electron chi connectivity index (χ1n) is 4.78. The van der Waals surface area contributed by atoms with Crippen LogP contribution in [0.4, 0.5) is 0 Å². The minimum Gasteiger partial charge on any atom is -0.478 e. The number of carbonyl (C=O) groups is 1. The number of carboxylic acids is 1. The van der Waals surface area contributed by atoms with Crippen molar-refractivity contribution in [3.8, 4) is 0 Å². The summed E-state index contributed by atoms with van der Waals surface area (Å²) in [4.78, 5) is 10.9. The minimum absolute atomic E-state index is 0.429. The Morgan fingerprint density at radius 2 is 2.21 bits per heavy atom. The van der Waals surface area contributed by atoms with E-state index in [1.807, 2.05) is 13.0 Å². The van der Waals surface area contributed by atoms with Crippen LogP contribution in [0.5, 0.6) is 0 Å². The summed E-state index contributed by atoms with van der Waals surface area (Å²) >= 11 is 0. The fourth-order valence-electron chi connectivity index (χ4n) is 1.54. The van der Waals surface area contributed by atoms with Gasteiger partial charge in [0.1, 0.15) is 0 Å². The molecule has 0 spiro atoms. The molecule has 14 heavy (non-hydrogen) atoms. The third-order valence-corrected chi connectivity index (χ3v) is 2.32. The smallest absolute Gasteiger partial charge is 0.335 e. The molecule has 2 nitrogen and oxygen atoms in total. The Labute approximate surface area is 84.6 Å². The van der Waals surface area contributed by atoms with Gasteiger partial charge in [-0.1, -0.05) is 25.5 Å². The minimum atomic E-state index is -0.840. The molecule has 0 fully saturated rings. The van der Waals surface area contributed by atoms with E-state index in [9.17, 15) is 4.79 Å². The van der Waals surface area contributed by atoms with Crippen molar-refractivity contribution in [2.75, 3.05) is 0 Å². The highest BCUT2D eigenvalue weighted by Gasteiger charge is 2.10. The predicted molar refractivity (Wildman–Crippen MR) is 56.4 cm³/mol. The van der Waals surface area contributed by atoms with E-state index < -0.39 is 5.97 Å².